The van der Waals surface area contributed by atoms with Crippen LogP contribution in [0.4, 0.5) is 5.69 Å². The van der Waals surface area contributed by atoms with Crippen LogP contribution in [0.5, 0.6) is 5.75 Å². The summed E-state index contributed by atoms with van der Waals surface area (Å²) in [6, 6.07) is 11.8. The second kappa shape index (κ2) is 9.64. The number of benzene rings is 2. The van der Waals surface area contributed by atoms with Crippen LogP contribution in [0.25, 0.3) is 0 Å². The lowest BCUT2D eigenvalue weighted by Crippen LogP contribution is -2.15. The first-order valence-electron chi connectivity index (χ1n) is 8.84. The summed E-state index contributed by atoms with van der Waals surface area (Å²) in [5, 5.41) is 20.9. The van der Waals surface area contributed by atoms with Gasteiger partial charge in [0, 0.05) is 13.5 Å². The summed E-state index contributed by atoms with van der Waals surface area (Å²) in [6.07, 6.45) is 0.595. The number of nitrogens with zero attached hydrogens (tertiary/aromatic N) is 3. The predicted molar refractivity (Wildman–Crippen MR) is 115 cm³/mol. The summed E-state index contributed by atoms with van der Waals surface area (Å²) in [7, 11) is 3.46. The van der Waals surface area contributed by atoms with Gasteiger partial charge in [0.1, 0.15) is 11.6 Å². The number of halogens is 1. The molecule has 0 bridgehead atoms. The standard InChI is InChI=1S/C20H19ClN4O4S/c1-25-17(9-12-3-6-14(29-2)7-4-12)23-24-20(25)30-11-18(26)22-16-10-13(19(27)28)5-8-15(16)21/h3-8,10H,9,11H2,1-2H3,(H,22,26)(H,27,28). The molecule has 156 valence electrons. The van der Waals surface area contributed by atoms with Crippen LogP contribution in [0.15, 0.2) is 47.6 Å². The monoisotopic (exact) mass is 446 g/mol. The number of hydrogen-bond acceptors (Lipinski definition) is 6. The Labute approximate surface area is 182 Å². The Morgan fingerprint density at radius 1 is 1.20 bits per heavy atom. The third kappa shape index (κ3) is 5.31. The highest BCUT2D eigenvalue weighted by atomic mass is 35.5. The fourth-order valence-corrected chi connectivity index (χ4v) is 3.52. The number of methoxy groups -OCH3 is 1. The molecule has 3 rings (SSSR count). The zero-order valence-electron chi connectivity index (χ0n) is 16.3. The van der Waals surface area contributed by atoms with Gasteiger partial charge in [0.05, 0.1) is 29.1 Å². The van der Waals surface area contributed by atoms with Crippen molar-refractivity contribution >= 4 is 40.9 Å². The van der Waals surface area contributed by atoms with E-state index in [-0.39, 0.29) is 27.9 Å². The molecule has 0 spiro atoms. The van der Waals surface area contributed by atoms with E-state index in [1.807, 2.05) is 35.9 Å². The average Bonchev–Trinajstić information content (AvgIpc) is 3.08. The number of thioether (sulfide) groups is 1. The SMILES string of the molecule is COc1ccc(Cc2nnc(SCC(=O)Nc3cc(C(=O)O)ccc3Cl)n2C)cc1. The smallest absolute Gasteiger partial charge is 0.335 e. The van der Waals surface area contributed by atoms with Gasteiger partial charge in [-0.25, -0.2) is 4.79 Å². The van der Waals surface area contributed by atoms with Crippen molar-refractivity contribution in [2.45, 2.75) is 11.6 Å². The Hall–Kier alpha value is -3.04. The molecule has 2 N–H and O–H groups in total. The molecule has 0 unspecified atom stereocenters. The van der Waals surface area contributed by atoms with Gasteiger partial charge in [-0.15, -0.1) is 10.2 Å². The highest BCUT2D eigenvalue weighted by molar-refractivity contribution is 7.99. The molecule has 0 atom stereocenters. The minimum atomic E-state index is -1.10. The van der Waals surface area contributed by atoms with Crippen LogP contribution in [0.1, 0.15) is 21.7 Å². The Morgan fingerprint density at radius 3 is 2.60 bits per heavy atom. The Balaban J connectivity index is 1.60. The van der Waals surface area contributed by atoms with E-state index >= 15 is 0 Å². The fourth-order valence-electron chi connectivity index (χ4n) is 2.62. The van der Waals surface area contributed by atoms with Crippen molar-refractivity contribution in [3.8, 4) is 5.75 Å². The molecule has 0 radical (unpaired) electrons. The van der Waals surface area contributed by atoms with Crippen LogP contribution in [0.3, 0.4) is 0 Å². The van der Waals surface area contributed by atoms with Crippen LogP contribution in [0, 0.1) is 0 Å². The molecule has 8 nitrogen and oxygen atoms in total. The lowest BCUT2D eigenvalue weighted by Gasteiger charge is -2.08. The molecule has 1 amide bonds. The fraction of sp³-hybridized carbons (Fsp3) is 0.200. The van der Waals surface area contributed by atoms with Gasteiger partial charge in [0.25, 0.3) is 0 Å². The van der Waals surface area contributed by atoms with Crippen LogP contribution in [-0.2, 0) is 18.3 Å². The van der Waals surface area contributed by atoms with E-state index in [4.69, 9.17) is 21.4 Å². The minimum Gasteiger partial charge on any atom is -0.497 e. The number of rotatable bonds is 8. The van der Waals surface area contributed by atoms with Crippen molar-refractivity contribution in [1.82, 2.24) is 14.8 Å². The number of aromatic carboxylic acids is 1. The number of carboxylic acid groups (broad SMARTS) is 1. The number of hydrogen-bond donors (Lipinski definition) is 2. The highest BCUT2D eigenvalue weighted by Gasteiger charge is 2.14. The van der Waals surface area contributed by atoms with Crippen molar-refractivity contribution in [2.24, 2.45) is 7.05 Å². The zero-order chi connectivity index (χ0) is 21.7. The van der Waals surface area contributed by atoms with E-state index in [0.717, 1.165) is 17.1 Å². The summed E-state index contributed by atoms with van der Waals surface area (Å²) in [5.41, 5.74) is 1.35. The highest BCUT2D eigenvalue weighted by Crippen LogP contribution is 2.24. The maximum absolute atomic E-state index is 12.3. The van der Waals surface area contributed by atoms with Crippen molar-refractivity contribution < 1.29 is 19.4 Å². The molecular weight excluding hydrogens is 428 g/mol. The molecule has 0 aliphatic rings. The Kier molecular flexibility index (Phi) is 6.96. The van der Waals surface area contributed by atoms with Crippen LogP contribution < -0.4 is 10.1 Å². The van der Waals surface area contributed by atoms with Gasteiger partial charge in [0.15, 0.2) is 5.16 Å². The molecule has 0 saturated heterocycles. The topological polar surface area (TPSA) is 106 Å². The van der Waals surface area contributed by atoms with E-state index in [9.17, 15) is 9.59 Å². The third-order valence-electron chi connectivity index (χ3n) is 4.27. The second-order valence-corrected chi connectivity index (χ2v) is 7.67. The van der Waals surface area contributed by atoms with E-state index < -0.39 is 5.97 Å². The summed E-state index contributed by atoms with van der Waals surface area (Å²) < 4.78 is 6.99. The quantitative estimate of drug-likeness (QED) is 0.510. The number of carbonyl (C=O) groups excluding carboxylic acids is 1. The molecule has 3 aromatic rings. The predicted octanol–water partition coefficient (Wildman–Crippen LogP) is 3.50. The van der Waals surface area contributed by atoms with Crippen LogP contribution in [-0.4, -0.2) is 44.6 Å². The van der Waals surface area contributed by atoms with E-state index in [0.29, 0.717) is 11.6 Å². The molecule has 1 heterocycles. The minimum absolute atomic E-state index is 0.0406. The maximum atomic E-state index is 12.3. The first kappa shape index (κ1) is 21.7. The number of carboxylic acids is 1. The Bertz CT molecular complexity index is 1070. The largest absolute Gasteiger partial charge is 0.497 e. The lowest BCUT2D eigenvalue weighted by molar-refractivity contribution is -0.113. The molecule has 0 aliphatic carbocycles. The molecule has 10 heteroatoms. The van der Waals surface area contributed by atoms with E-state index in [2.05, 4.69) is 15.5 Å². The van der Waals surface area contributed by atoms with Gasteiger partial charge < -0.3 is 19.7 Å². The van der Waals surface area contributed by atoms with Gasteiger partial charge in [-0.05, 0) is 35.9 Å². The first-order valence-corrected chi connectivity index (χ1v) is 10.2. The third-order valence-corrected chi connectivity index (χ3v) is 5.62. The van der Waals surface area contributed by atoms with Crippen molar-refractivity contribution in [1.29, 1.82) is 0 Å². The van der Waals surface area contributed by atoms with Gasteiger partial charge >= 0.3 is 5.97 Å². The van der Waals surface area contributed by atoms with Gasteiger partial charge in [0.2, 0.25) is 5.91 Å². The van der Waals surface area contributed by atoms with Crippen LogP contribution in [0.2, 0.25) is 5.02 Å². The zero-order valence-corrected chi connectivity index (χ0v) is 17.8. The van der Waals surface area contributed by atoms with Gasteiger partial charge in [-0.2, -0.15) is 0 Å². The summed E-state index contributed by atoms with van der Waals surface area (Å²) in [4.78, 5) is 23.4. The second-order valence-electron chi connectivity index (χ2n) is 6.32. The van der Waals surface area contributed by atoms with Crippen LogP contribution >= 0.6 is 23.4 Å². The number of amides is 1. The molecule has 30 heavy (non-hydrogen) atoms. The molecule has 2 aromatic carbocycles. The number of anilines is 1. The number of ether oxygens (including phenoxy) is 1. The van der Waals surface area contributed by atoms with E-state index in [1.54, 1.807) is 7.11 Å². The molecular formula is C20H19ClN4O4S. The number of nitrogens with one attached hydrogen (secondary N) is 1. The molecule has 1 aromatic heterocycles. The molecule has 0 aliphatic heterocycles. The summed E-state index contributed by atoms with van der Waals surface area (Å²) >= 11 is 7.26. The number of aromatic nitrogens is 3. The average molecular weight is 447 g/mol. The summed E-state index contributed by atoms with van der Waals surface area (Å²) in [5.74, 6) is 0.194. The number of carbonyl (C=O) groups is 2. The first-order chi connectivity index (χ1) is 14.4. The summed E-state index contributed by atoms with van der Waals surface area (Å²) in [6.45, 7) is 0. The lowest BCUT2D eigenvalue weighted by atomic mass is 10.1. The molecule has 0 fully saturated rings. The van der Waals surface area contributed by atoms with Crippen molar-refractivity contribution in [3.63, 3.8) is 0 Å². The normalized spacial score (nSPS) is 10.6. The molecule has 0 saturated carbocycles. The van der Waals surface area contributed by atoms with Gasteiger partial charge in [-0.1, -0.05) is 35.5 Å². The Morgan fingerprint density at radius 2 is 1.93 bits per heavy atom. The van der Waals surface area contributed by atoms with Crippen molar-refractivity contribution in [3.05, 3.63) is 64.4 Å². The van der Waals surface area contributed by atoms with Crippen molar-refractivity contribution in [2.75, 3.05) is 18.2 Å². The van der Waals surface area contributed by atoms with Gasteiger partial charge in [-0.3, -0.25) is 4.79 Å². The van der Waals surface area contributed by atoms with E-state index in [1.165, 1.54) is 30.0 Å². The maximum Gasteiger partial charge on any atom is 0.335 e.